The molecule has 0 radical (unpaired) electrons. The highest BCUT2D eigenvalue weighted by Crippen LogP contribution is 2.49. The largest absolute Gasteiger partial charge is 0.379 e. The van der Waals surface area contributed by atoms with E-state index in [9.17, 15) is 0 Å². The molecule has 0 bridgehead atoms. The topological polar surface area (TPSA) is 35.2 Å². The molecule has 0 unspecified atom stereocenters. The Morgan fingerprint density at radius 1 is 0.885 bits per heavy atom. The van der Waals surface area contributed by atoms with Crippen LogP contribution in [0.1, 0.15) is 24.0 Å². The molecule has 2 aromatic rings. The van der Waals surface area contributed by atoms with E-state index in [1.165, 1.54) is 16.7 Å². The van der Waals surface area contributed by atoms with Crippen LogP contribution < -0.4 is 5.73 Å². The van der Waals surface area contributed by atoms with Gasteiger partial charge in [-0.2, -0.15) is 0 Å². The van der Waals surface area contributed by atoms with E-state index < -0.39 is 0 Å². The van der Waals surface area contributed by atoms with Crippen molar-refractivity contribution in [2.45, 2.75) is 17.6 Å². The van der Waals surface area contributed by atoms with E-state index in [0.29, 0.717) is 19.8 Å². The van der Waals surface area contributed by atoms with Gasteiger partial charge in [-0.15, -0.1) is 11.8 Å². The average molecular weight is 366 g/mol. The molecule has 2 nitrogen and oxygen atoms in total. The lowest BCUT2D eigenvalue weighted by Gasteiger charge is -2.37. The highest BCUT2D eigenvalue weighted by molar-refractivity contribution is 8.00. The first-order valence-corrected chi connectivity index (χ1v) is 10.3. The van der Waals surface area contributed by atoms with Gasteiger partial charge in [0.05, 0.1) is 18.0 Å². The van der Waals surface area contributed by atoms with E-state index >= 15 is 0 Å². The molecular weight excluding hydrogens is 338 g/mol. The molecule has 1 aliphatic carbocycles. The van der Waals surface area contributed by atoms with E-state index in [-0.39, 0.29) is 4.75 Å². The van der Waals surface area contributed by atoms with Crippen molar-refractivity contribution in [2.24, 2.45) is 5.73 Å². The van der Waals surface area contributed by atoms with Gasteiger partial charge < -0.3 is 10.5 Å². The summed E-state index contributed by atoms with van der Waals surface area (Å²) < 4.78 is 5.44. The third-order valence-corrected chi connectivity index (χ3v) is 6.08. The second-order valence-corrected chi connectivity index (χ2v) is 7.61. The van der Waals surface area contributed by atoms with E-state index in [1.54, 1.807) is 0 Å². The van der Waals surface area contributed by atoms with Gasteiger partial charge in [0, 0.05) is 12.3 Å². The smallest absolute Gasteiger partial charge is 0.0904 e. The fourth-order valence-electron chi connectivity index (χ4n) is 3.41. The summed E-state index contributed by atoms with van der Waals surface area (Å²) in [5.41, 5.74) is 9.54. The summed E-state index contributed by atoms with van der Waals surface area (Å²) in [6.07, 6.45) is 9.21. The van der Waals surface area contributed by atoms with Crippen molar-refractivity contribution in [3.05, 3.63) is 95.6 Å². The number of allylic oxidation sites excluding steroid dienone is 3. The summed E-state index contributed by atoms with van der Waals surface area (Å²) in [6.45, 7) is 1.90. The van der Waals surface area contributed by atoms with Crippen molar-refractivity contribution in [3.8, 4) is 0 Å². The molecule has 0 atom stereocenters. The standard InChI is InChI=1S/C23H27NOS/c24-16-17-25-18-19-26-23(20-10-4-1-5-11-20,21-12-6-2-7-13-21)22-14-8-3-9-15-22/h1-2,4-8,10-15H,3,9,16-19,24H2. The maximum Gasteiger partial charge on any atom is 0.0904 e. The Bertz CT molecular complexity index is 685. The number of hydrogen-bond donors (Lipinski definition) is 1. The van der Waals surface area contributed by atoms with Gasteiger partial charge in [0.15, 0.2) is 0 Å². The Balaban J connectivity index is 2.02. The molecule has 0 amide bonds. The number of rotatable bonds is 9. The molecule has 0 aliphatic heterocycles. The quantitative estimate of drug-likeness (QED) is 0.641. The van der Waals surface area contributed by atoms with Crippen molar-refractivity contribution >= 4 is 11.8 Å². The maximum absolute atomic E-state index is 5.65. The molecule has 2 N–H and O–H groups in total. The number of nitrogens with two attached hydrogens (primary N) is 1. The maximum atomic E-state index is 5.65. The van der Waals surface area contributed by atoms with E-state index in [1.807, 2.05) is 11.8 Å². The first-order valence-electron chi connectivity index (χ1n) is 9.28. The minimum Gasteiger partial charge on any atom is -0.379 e. The monoisotopic (exact) mass is 365 g/mol. The van der Waals surface area contributed by atoms with Gasteiger partial charge in [0.2, 0.25) is 0 Å². The highest BCUT2D eigenvalue weighted by Gasteiger charge is 2.37. The number of benzene rings is 2. The summed E-state index contributed by atoms with van der Waals surface area (Å²) in [6, 6.07) is 21.6. The van der Waals surface area contributed by atoms with Gasteiger partial charge in [-0.3, -0.25) is 0 Å². The zero-order valence-electron chi connectivity index (χ0n) is 15.1. The van der Waals surface area contributed by atoms with Crippen LogP contribution in [0.4, 0.5) is 0 Å². The Morgan fingerprint density at radius 3 is 2.08 bits per heavy atom. The summed E-state index contributed by atoms with van der Waals surface area (Å²) in [7, 11) is 0. The van der Waals surface area contributed by atoms with Crippen molar-refractivity contribution in [3.63, 3.8) is 0 Å². The minimum atomic E-state index is -0.217. The summed E-state index contributed by atoms with van der Waals surface area (Å²) >= 11 is 1.95. The molecule has 0 fully saturated rings. The molecule has 0 saturated heterocycles. The minimum absolute atomic E-state index is 0.217. The molecule has 1 aliphatic rings. The normalized spacial score (nSPS) is 14.3. The van der Waals surface area contributed by atoms with Crippen molar-refractivity contribution in [1.82, 2.24) is 0 Å². The second-order valence-electron chi connectivity index (χ2n) is 6.30. The molecule has 3 heteroatoms. The molecule has 2 aromatic carbocycles. The molecule has 136 valence electrons. The van der Waals surface area contributed by atoms with Crippen LogP contribution in [0.2, 0.25) is 0 Å². The summed E-state index contributed by atoms with van der Waals surface area (Å²) in [5.74, 6) is 0.912. The zero-order chi connectivity index (χ0) is 18.1. The molecule has 0 heterocycles. The molecule has 0 aromatic heterocycles. The molecule has 26 heavy (non-hydrogen) atoms. The predicted octanol–water partition coefficient (Wildman–Crippen LogP) is 4.92. The van der Waals surface area contributed by atoms with E-state index in [0.717, 1.165) is 18.6 Å². The predicted molar refractivity (Wildman–Crippen MR) is 112 cm³/mol. The molecule has 0 spiro atoms. The van der Waals surface area contributed by atoms with Crippen LogP contribution in [0.15, 0.2) is 84.5 Å². The fourth-order valence-corrected chi connectivity index (χ4v) is 4.84. The molecular formula is C23H27NOS. The SMILES string of the molecule is NCCOCCSC(C1=CCCC=C1)(c1ccccc1)c1ccccc1. The lowest BCUT2D eigenvalue weighted by atomic mass is 9.81. The van der Waals surface area contributed by atoms with Crippen LogP contribution in [0.25, 0.3) is 0 Å². The van der Waals surface area contributed by atoms with Gasteiger partial charge in [-0.25, -0.2) is 0 Å². The number of ether oxygens (including phenoxy) is 1. The van der Waals surface area contributed by atoms with Crippen molar-refractivity contribution in [1.29, 1.82) is 0 Å². The van der Waals surface area contributed by atoms with Crippen LogP contribution in [-0.4, -0.2) is 25.5 Å². The van der Waals surface area contributed by atoms with Gasteiger partial charge >= 0.3 is 0 Å². The van der Waals surface area contributed by atoms with E-state index in [2.05, 4.69) is 78.9 Å². The van der Waals surface area contributed by atoms with Gasteiger partial charge in [0.25, 0.3) is 0 Å². The lowest BCUT2D eigenvalue weighted by molar-refractivity contribution is 0.158. The Hall–Kier alpha value is -1.81. The van der Waals surface area contributed by atoms with Crippen LogP contribution in [0.3, 0.4) is 0 Å². The number of hydrogen-bond acceptors (Lipinski definition) is 3. The van der Waals surface area contributed by atoms with Crippen molar-refractivity contribution in [2.75, 3.05) is 25.5 Å². The Labute approximate surface area is 161 Å². The van der Waals surface area contributed by atoms with Crippen LogP contribution >= 0.6 is 11.8 Å². The lowest BCUT2D eigenvalue weighted by Crippen LogP contribution is -2.28. The van der Waals surface area contributed by atoms with Gasteiger partial charge in [-0.1, -0.05) is 78.9 Å². The van der Waals surface area contributed by atoms with Crippen LogP contribution in [0.5, 0.6) is 0 Å². The highest BCUT2D eigenvalue weighted by atomic mass is 32.2. The molecule has 0 saturated carbocycles. The van der Waals surface area contributed by atoms with Crippen LogP contribution in [-0.2, 0) is 9.48 Å². The summed E-state index contributed by atoms with van der Waals surface area (Å²) in [5, 5.41) is 0. The second kappa shape index (κ2) is 9.77. The van der Waals surface area contributed by atoms with Crippen molar-refractivity contribution < 1.29 is 4.74 Å². The first kappa shape index (κ1) is 19.0. The van der Waals surface area contributed by atoms with Gasteiger partial charge in [0.1, 0.15) is 0 Å². The summed E-state index contributed by atoms with van der Waals surface area (Å²) in [4.78, 5) is 0. The Kier molecular flexibility index (Phi) is 7.13. The Morgan fingerprint density at radius 2 is 1.54 bits per heavy atom. The average Bonchev–Trinajstić information content (AvgIpc) is 2.73. The van der Waals surface area contributed by atoms with Gasteiger partial charge in [-0.05, 0) is 29.5 Å². The number of thioether (sulfide) groups is 1. The molecule has 3 rings (SSSR count). The van der Waals surface area contributed by atoms with E-state index in [4.69, 9.17) is 10.5 Å². The zero-order valence-corrected chi connectivity index (χ0v) is 16.0. The first-order chi connectivity index (χ1) is 12.9. The fraction of sp³-hybridized carbons (Fsp3) is 0.304. The van der Waals surface area contributed by atoms with Crippen LogP contribution in [0, 0.1) is 0 Å². The third kappa shape index (κ3) is 4.29. The third-order valence-electron chi connectivity index (χ3n) is 4.57.